The van der Waals surface area contributed by atoms with E-state index in [9.17, 15) is 9.90 Å². The van der Waals surface area contributed by atoms with E-state index in [1.807, 2.05) is 30.3 Å². The lowest BCUT2D eigenvalue weighted by molar-refractivity contribution is -0.139. The fourth-order valence-electron chi connectivity index (χ4n) is 3.50. The second kappa shape index (κ2) is 8.47. The van der Waals surface area contributed by atoms with Crippen LogP contribution in [0.4, 0.5) is 5.69 Å². The highest BCUT2D eigenvalue weighted by Gasteiger charge is 2.33. The Kier molecular flexibility index (Phi) is 6.23. The zero-order chi connectivity index (χ0) is 20.4. The van der Waals surface area contributed by atoms with Crippen LogP contribution in [0.1, 0.15) is 49.0 Å². The van der Waals surface area contributed by atoms with E-state index in [0.717, 1.165) is 28.1 Å². The van der Waals surface area contributed by atoms with Crippen molar-refractivity contribution in [3.63, 3.8) is 0 Å². The van der Waals surface area contributed by atoms with Crippen molar-refractivity contribution in [2.75, 3.05) is 12.4 Å². The van der Waals surface area contributed by atoms with Crippen LogP contribution in [0.2, 0.25) is 5.02 Å². The Labute approximate surface area is 174 Å². The number of aliphatic carboxylic acids is 1. The number of thiocarbonyl (C=S) groups is 1. The van der Waals surface area contributed by atoms with Gasteiger partial charge in [0.1, 0.15) is 22.9 Å². The van der Waals surface area contributed by atoms with Crippen LogP contribution in [0.5, 0.6) is 5.75 Å². The molecule has 0 aliphatic carbocycles. The zero-order valence-electron chi connectivity index (χ0n) is 15.9. The average Bonchev–Trinajstić information content (AvgIpc) is 2.77. The maximum atomic E-state index is 11.4. The number of carbonyl (C=O) groups is 1. The van der Waals surface area contributed by atoms with Crippen molar-refractivity contribution in [2.24, 2.45) is 0 Å². The first-order chi connectivity index (χ1) is 13.3. The number of hydrogen-bond donors (Lipinski definition) is 2. The molecule has 0 bridgehead atoms. The topological polar surface area (TPSA) is 67.8 Å². The Morgan fingerprint density at radius 3 is 2.71 bits per heavy atom. The minimum absolute atomic E-state index is 0.165. The quantitative estimate of drug-likeness (QED) is 0.651. The molecule has 28 heavy (non-hydrogen) atoms. The van der Waals surface area contributed by atoms with Gasteiger partial charge >= 0.3 is 5.97 Å². The van der Waals surface area contributed by atoms with E-state index < -0.39 is 18.2 Å². The largest absolute Gasteiger partial charge is 0.496 e. The zero-order valence-corrected chi connectivity index (χ0v) is 17.4. The molecule has 7 heteroatoms. The van der Waals surface area contributed by atoms with Gasteiger partial charge in [-0.1, -0.05) is 49.8 Å². The molecule has 0 fully saturated rings. The van der Waals surface area contributed by atoms with Crippen molar-refractivity contribution in [3.05, 3.63) is 58.1 Å². The van der Waals surface area contributed by atoms with Gasteiger partial charge in [-0.2, -0.15) is 0 Å². The van der Waals surface area contributed by atoms with E-state index in [1.54, 1.807) is 13.2 Å². The minimum atomic E-state index is -0.980. The van der Waals surface area contributed by atoms with Gasteiger partial charge in [-0.25, -0.2) is 0 Å². The Balaban J connectivity index is 2.21. The highest BCUT2D eigenvalue weighted by atomic mass is 35.5. The molecule has 0 spiro atoms. The highest BCUT2D eigenvalue weighted by Crippen LogP contribution is 2.42. The summed E-state index contributed by atoms with van der Waals surface area (Å²) in [4.78, 5) is 11.7. The van der Waals surface area contributed by atoms with Crippen molar-refractivity contribution in [1.82, 2.24) is 0 Å². The molecule has 1 heterocycles. The van der Waals surface area contributed by atoms with E-state index in [2.05, 4.69) is 19.2 Å². The summed E-state index contributed by atoms with van der Waals surface area (Å²) < 4.78 is 11.9. The Bertz CT molecular complexity index is 915. The molecule has 2 aromatic rings. The molecule has 0 saturated carbocycles. The van der Waals surface area contributed by atoms with Crippen molar-refractivity contribution < 1.29 is 19.4 Å². The highest BCUT2D eigenvalue weighted by molar-refractivity contribution is 7.80. The standard InChI is InChI=1S/C21H22ClNO4S/c1-11(2)19-13(5-4-6-16(19)26-3)20-14-9-12(22)7-8-15(14)23-21(28)17(27-20)10-18(24)25/h4-9,11,17,20H,10H2,1-3H3,(H,23,28)(H,24,25). The summed E-state index contributed by atoms with van der Waals surface area (Å²) in [7, 11) is 1.63. The number of fused-ring (bicyclic) bond motifs is 1. The molecule has 0 aromatic heterocycles. The van der Waals surface area contributed by atoms with Crippen LogP contribution < -0.4 is 10.1 Å². The third kappa shape index (κ3) is 4.14. The molecule has 2 unspecified atom stereocenters. The molecule has 0 saturated heterocycles. The molecule has 0 radical (unpaired) electrons. The van der Waals surface area contributed by atoms with E-state index in [0.29, 0.717) is 10.0 Å². The SMILES string of the molecule is COc1cccc(C2OC(CC(=O)O)C(=S)Nc3ccc(Cl)cc32)c1C(C)C. The van der Waals surface area contributed by atoms with Crippen molar-refractivity contribution >= 4 is 40.5 Å². The lowest BCUT2D eigenvalue weighted by atomic mass is 9.89. The lowest BCUT2D eigenvalue weighted by Gasteiger charge is -2.26. The second-order valence-corrected chi connectivity index (χ2v) is 7.82. The number of rotatable bonds is 5. The third-order valence-electron chi connectivity index (χ3n) is 4.69. The number of anilines is 1. The Hall–Kier alpha value is -2.15. The first-order valence-corrected chi connectivity index (χ1v) is 9.74. The van der Waals surface area contributed by atoms with Gasteiger partial charge in [0.25, 0.3) is 0 Å². The number of carboxylic acid groups (broad SMARTS) is 1. The number of carboxylic acids is 1. The van der Waals surface area contributed by atoms with Crippen LogP contribution in [-0.2, 0) is 9.53 Å². The Morgan fingerprint density at radius 2 is 2.07 bits per heavy atom. The van der Waals surface area contributed by atoms with Gasteiger partial charge in [-0.15, -0.1) is 0 Å². The van der Waals surface area contributed by atoms with Gasteiger partial charge in [-0.3, -0.25) is 4.79 Å². The maximum Gasteiger partial charge on any atom is 0.306 e. The molecule has 2 aromatic carbocycles. The molecular formula is C21H22ClNO4S. The Morgan fingerprint density at radius 1 is 1.32 bits per heavy atom. The van der Waals surface area contributed by atoms with Crippen molar-refractivity contribution in [2.45, 2.75) is 38.4 Å². The van der Waals surface area contributed by atoms with Gasteiger partial charge in [0.05, 0.1) is 13.5 Å². The fraction of sp³-hybridized carbons (Fsp3) is 0.333. The second-order valence-electron chi connectivity index (χ2n) is 6.94. The fourth-order valence-corrected chi connectivity index (χ4v) is 3.93. The first-order valence-electron chi connectivity index (χ1n) is 8.96. The van der Waals surface area contributed by atoms with Crippen LogP contribution in [0, 0.1) is 0 Å². The minimum Gasteiger partial charge on any atom is -0.496 e. The number of hydrogen-bond acceptors (Lipinski definition) is 4. The van der Waals surface area contributed by atoms with Gasteiger partial charge in [-0.05, 0) is 35.7 Å². The normalized spacial score (nSPS) is 19.0. The summed E-state index contributed by atoms with van der Waals surface area (Å²) in [5, 5.41) is 13.0. The van der Waals surface area contributed by atoms with Gasteiger partial charge in [0.2, 0.25) is 0 Å². The molecule has 2 atom stereocenters. The molecule has 148 valence electrons. The number of benzene rings is 2. The third-order valence-corrected chi connectivity index (χ3v) is 5.29. The van der Waals surface area contributed by atoms with E-state index in [1.165, 1.54) is 0 Å². The molecule has 0 amide bonds. The number of methoxy groups -OCH3 is 1. The van der Waals surface area contributed by atoms with Crippen molar-refractivity contribution in [1.29, 1.82) is 0 Å². The molecular weight excluding hydrogens is 398 g/mol. The predicted octanol–water partition coefficient (Wildman–Crippen LogP) is 5.17. The van der Waals surface area contributed by atoms with Crippen LogP contribution in [-0.4, -0.2) is 29.3 Å². The summed E-state index contributed by atoms with van der Waals surface area (Å²) in [5.74, 6) is -0.0562. The predicted molar refractivity (Wildman–Crippen MR) is 114 cm³/mol. The van der Waals surface area contributed by atoms with E-state index >= 15 is 0 Å². The summed E-state index contributed by atoms with van der Waals surface area (Å²) in [6, 6.07) is 11.2. The number of nitrogens with one attached hydrogen (secondary N) is 1. The molecule has 3 rings (SSSR count). The van der Waals surface area contributed by atoms with Crippen molar-refractivity contribution in [3.8, 4) is 5.75 Å². The van der Waals surface area contributed by atoms with Crippen LogP contribution in [0.3, 0.4) is 0 Å². The molecule has 2 N–H and O–H groups in total. The first kappa shape index (κ1) is 20.6. The molecule has 1 aliphatic rings. The average molecular weight is 420 g/mol. The summed E-state index contributed by atoms with van der Waals surface area (Å²) >= 11 is 11.7. The van der Waals surface area contributed by atoms with Gasteiger partial charge < -0.3 is 19.9 Å². The van der Waals surface area contributed by atoms with E-state index in [-0.39, 0.29) is 12.3 Å². The number of ether oxygens (including phenoxy) is 2. The molecule has 1 aliphatic heterocycles. The summed E-state index contributed by atoms with van der Waals surface area (Å²) in [5.41, 5.74) is 3.46. The molecule has 5 nitrogen and oxygen atoms in total. The summed E-state index contributed by atoms with van der Waals surface area (Å²) in [6.07, 6.45) is -1.54. The van der Waals surface area contributed by atoms with Gasteiger partial charge in [0, 0.05) is 21.8 Å². The lowest BCUT2D eigenvalue weighted by Crippen LogP contribution is -2.30. The smallest absolute Gasteiger partial charge is 0.306 e. The van der Waals surface area contributed by atoms with Gasteiger partial charge in [0.15, 0.2) is 0 Å². The van der Waals surface area contributed by atoms with E-state index in [4.69, 9.17) is 33.3 Å². The van der Waals surface area contributed by atoms with Crippen LogP contribution >= 0.6 is 23.8 Å². The number of halogens is 1. The monoisotopic (exact) mass is 419 g/mol. The van der Waals surface area contributed by atoms with Crippen LogP contribution in [0.15, 0.2) is 36.4 Å². The summed E-state index contributed by atoms with van der Waals surface area (Å²) in [6.45, 7) is 4.16. The van der Waals surface area contributed by atoms with Crippen LogP contribution in [0.25, 0.3) is 0 Å². The maximum absolute atomic E-state index is 11.4.